The van der Waals surface area contributed by atoms with E-state index in [4.69, 9.17) is 9.57 Å². The lowest BCUT2D eigenvalue weighted by atomic mass is 10.1. The highest BCUT2D eigenvalue weighted by molar-refractivity contribution is 7.89. The lowest BCUT2D eigenvalue weighted by Crippen LogP contribution is -2.42. The molecule has 5 rings (SSSR count). The molecule has 0 aromatic heterocycles. The fraction of sp³-hybridized carbons (Fsp3) is 0.303. The van der Waals surface area contributed by atoms with Crippen LogP contribution in [-0.4, -0.2) is 62.1 Å². The van der Waals surface area contributed by atoms with Gasteiger partial charge in [-0.2, -0.15) is 4.72 Å². The normalized spacial score (nSPS) is 18.3. The van der Waals surface area contributed by atoms with E-state index in [1.165, 1.54) is 19.2 Å². The highest BCUT2D eigenvalue weighted by Gasteiger charge is 2.35. The number of carboxylic acid groups (broad SMARTS) is 1. The number of sulfonamides is 1. The van der Waals surface area contributed by atoms with E-state index in [2.05, 4.69) is 20.8 Å². The van der Waals surface area contributed by atoms with Crippen molar-refractivity contribution in [2.75, 3.05) is 24.3 Å². The molecule has 2 unspecified atom stereocenters. The van der Waals surface area contributed by atoms with Crippen LogP contribution in [0.15, 0.2) is 89.1 Å². The number of amides is 3. The van der Waals surface area contributed by atoms with Gasteiger partial charge in [0.1, 0.15) is 11.8 Å². The lowest BCUT2D eigenvalue weighted by Gasteiger charge is -2.20. The monoisotopic (exact) mass is 663 g/mol. The van der Waals surface area contributed by atoms with Crippen LogP contribution in [0.3, 0.4) is 0 Å². The van der Waals surface area contributed by atoms with Gasteiger partial charge in [0, 0.05) is 30.8 Å². The number of anilines is 2. The van der Waals surface area contributed by atoms with E-state index in [0.29, 0.717) is 41.4 Å². The first-order valence-electron chi connectivity index (χ1n) is 15.1. The maximum atomic E-state index is 13.5. The Balaban J connectivity index is 1.21. The minimum absolute atomic E-state index is 0.0354. The van der Waals surface area contributed by atoms with Gasteiger partial charge in [0.05, 0.1) is 35.9 Å². The van der Waals surface area contributed by atoms with Gasteiger partial charge in [-0.05, 0) is 61.2 Å². The number of nitrogens with one attached hydrogen (secondary N) is 4. The Hall–Kier alpha value is -4.92. The van der Waals surface area contributed by atoms with Gasteiger partial charge >= 0.3 is 12.0 Å². The Bertz CT molecular complexity index is 1780. The fourth-order valence-corrected chi connectivity index (χ4v) is 6.79. The third kappa shape index (κ3) is 8.27. The smallest absolute Gasteiger partial charge is 0.323 e. The second-order valence-electron chi connectivity index (χ2n) is 11.3. The number of likely N-dealkylation sites (tertiary alicyclic amines) is 1. The third-order valence-corrected chi connectivity index (χ3v) is 9.45. The third-order valence-electron chi connectivity index (χ3n) is 7.96. The fourth-order valence-electron chi connectivity index (χ4n) is 5.56. The summed E-state index contributed by atoms with van der Waals surface area (Å²) in [7, 11) is -2.57. The molecular formula is C33H37N5O8S. The predicted octanol–water partition coefficient (Wildman–Crippen LogP) is 4.14. The summed E-state index contributed by atoms with van der Waals surface area (Å²) >= 11 is 0. The number of methoxy groups -OCH3 is 1. The van der Waals surface area contributed by atoms with Gasteiger partial charge in [-0.25, -0.2) is 13.2 Å². The molecule has 2 atom stereocenters. The number of aliphatic carboxylic acids is 1. The highest BCUT2D eigenvalue weighted by Crippen LogP contribution is 2.32. The molecule has 14 heteroatoms. The maximum absolute atomic E-state index is 13.5. The van der Waals surface area contributed by atoms with E-state index >= 15 is 0 Å². The number of para-hydroxylation sites is 1. The standard InChI is InChI=1S/C33H37N5O8S/c1-21-9-6-7-12-25(21)34-33(42)35-26-15-14-22(17-30(26)45-2)18-31(39)38-16-8-13-29(38)27-19-23(46-36-27)20-28(32(40)41)37-47(43,44)24-10-4-3-5-11-24/h3-7,9-12,14-15,17,23,28,36-37H,8,13,16,18-20H2,1-2H3,(H,40,41)(H2,34,35,42). The number of benzene rings is 3. The second kappa shape index (κ2) is 14.7. The summed E-state index contributed by atoms with van der Waals surface area (Å²) in [5, 5.41) is 15.3. The van der Waals surface area contributed by atoms with Crippen LogP contribution < -0.4 is 25.6 Å². The molecule has 0 saturated carbocycles. The van der Waals surface area contributed by atoms with E-state index < -0.39 is 34.2 Å². The van der Waals surface area contributed by atoms with Crippen LogP contribution in [0.5, 0.6) is 5.75 Å². The Kier molecular flexibility index (Phi) is 10.4. The van der Waals surface area contributed by atoms with E-state index in [9.17, 15) is 27.9 Å². The van der Waals surface area contributed by atoms with E-state index in [1.807, 2.05) is 25.1 Å². The minimum atomic E-state index is -4.06. The van der Waals surface area contributed by atoms with Crippen LogP contribution in [0.1, 0.15) is 36.8 Å². The van der Waals surface area contributed by atoms with Gasteiger partial charge in [0.15, 0.2) is 0 Å². The number of aryl methyl sites for hydroxylation is 1. The maximum Gasteiger partial charge on any atom is 0.323 e. The minimum Gasteiger partial charge on any atom is -0.495 e. The molecule has 0 aliphatic carbocycles. The SMILES string of the molecule is COc1cc(CC(=O)N2CCCC2=C2CC(CC(NS(=O)(=O)c3ccccc3)C(=O)O)ON2)ccc1NC(=O)Nc1ccccc1C. The molecule has 3 aromatic rings. The topological polar surface area (TPSA) is 175 Å². The average Bonchev–Trinajstić information content (AvgIpc) is 3.73. The summed E-state index contributed by atoms with van der Waals surface area (Å²) in [6, 6.07) is 18.3. The number of hydrogen-bond donors (Lipinski definition) is 5. The molecule has 2 aliphatic heterocycles. The van der Waals surface area contributed by atoms with Crippen molar-refractivity contribution in [3.05, 3.63) is 95.3 Å². The first-order chi connectivity index (χ1) is 22.5. The summed E-state index contributed by atoms with van der Waals surface area (Å²) in [4.78, 5) is 45.3. The molecule has 0 spiro atoms. The van der Waals surface area contributed by atoms with Gasteiger partial charge in [-0.15, -0.1) is 0 Å². The molecule has 3 amide bonds. The van der Waals surface area contributed by atoms with Crippen molar-refractivity contribution in [1.29, 1.82) is 0 Å². The molecule has 0 radical (unpaired) electrons. The molecular weight excluding hydrogens is 626 g/mol. The quantitative estimate of drug-likeness (QED) is 0.202. The number of carboxylic acids is 1. The Morgan fingerprint density at radius 3 is 2.49 bits per heavy atom. The molecule has 2 aliphatic rings. The number of carbonyl (C=O) groups excluding carboxylic acids is 2. The highest BCUT2D eigenvalue weighted by atomic mass is 32.2. The number of hydroxylamine groups is 1. The summed E-state index contributed by atoms with van der Waals surface area (Å²) in [6.45, 7) is 2.40. The number of ether oxygens (including phenoxy) is 1. The zero-order valence-electron chi connectivity index (χ0n) is 26.0. The summed E-state index contributed by atoms with van der Waals surface area (Å²) in [5.74, 6) is -1.07. The zero-order valence-corrected chi connectivity index (χ0v) is 26.8. The number of nitrogens with zero attached hydrogens (tertiary/aromatic N) is 1. The van der Waals surface area contributed by atoms with Crippen molar-refractivity contribution in [2.24, 2.45) is 0 Å². The molecule has 0 bridgehead atoms. The van der Waals surface area contributed by atoms with Crippen LogP contribution in [-0.2, 0) is 30.9 Å². The van der Waals surface area contributed by atoms with Gasteiger partial charge in [0.25, 0.3) is 0 Å². The molecule has 2 fully saturated rings. The van der Waals surface area contributed by atoms with Crippen molar-refractivity contribution in [3.63, 3.8) is 0 Å². The average molecular weight is 664 g/mol. The van der Waals surface area contributed by atoms with Crippen molar-refractivity contribution >= 4 is 39.3 Å². The molecule has 248 valence electrons. The molecule has 3 aromatic carbocycles. The van der Waals surface area contributed by atoms with Crippen LogP contribution in [0.2, 0.25) is 0 Å². The van der Waals surface area contributed by atoms with Crippen LogP contribution in [0.4, 0.5) is 16.2 Å². The van der Waals surface area contributed by atoms with E-state index in [0.717, 1.165) is 17.7 Å². The number of rotatable bonds is 11. The van der Waals surface area contributed by atoms with Gasteiger partial charge < -0.3 is 25.4 Å². The zero-order chi connectivity index (χ0) is 33.6. The summed E-state index contributed by atoms with van der Waals surface area (Å²) in [5.41, 5.74) is 7.01. The van der Waals surface area contributed by atoms with Crippen LogP contribution in [0, 0.1) is 6.92 Å². The Morgan fingerprint density at radius 2 is 1.77 bits per heavy atom. The summed E-state index contributed by atoms with van der Waals surface area (Å²) < 4.78 is 33.2. The van der Waals surface area contributed by atoms with Crippen molar-refractivity contribution in [1.82, 2.24) is 15.1 Å². The molecule has 2 saturated heterocycles. The first-order valence-corrected chi connectivity index (χ1v) is 16.6. The predicted molar refractivity (Wildman–Crippen MR) is 174 cm³/mol. The molecule has 13 nitrogen and oxygen atoms in total. The van der Waals surface area contributed by atoms with Gasteiger partial charge in [0.2, 0.25) is 15.9 Å². The van der Waals surface area contributed by atoms with Crippen LogP contribution in [0.25, 0.3) is 0 Å². The van der Waals surface area contributed by atoms with Crippen molar-refractivity contribution in [2.45, 2.75) is 56.1 Å². The van der Waals surface area contributed by atoms with Crippen LogP contribution >= 0.6 is 0 Å². The van der Waals surface area contributed by atoms with Gasteiger partial charge in [-0.3, -0.25) is 19.9 Å². The van der Waals surface area contributed by atoms with Crippen molar-refractivity contribution in [3.8, 4) is 5.75 Å². The van der Waals surface area contributed by atoms with Crippen molar-refractivity contribution < 1.29 is 37.5 Å². The largest absolute Gasteiger partial charge is 0.495 e. The molecule has 47 heavy (non-hydrogen) atoms. The Labute approximate surface area is 272 Å². The number of carbonyl (C=O) groups is 3. The first kappa shape index (κ1) is 33.4. The van der Waals surface area contributed by atoms with E-state index in [-0.39, 0.29) is 30.1 Å². The summed E-state index contributed by atoms with van der Waals surface area (Å²) in [6.07, 6.45) is 0.970. The number of hydrogen-bond acceptors (Lipinski definition) is 8. The lowest BCUT2D eigenvalue weighted by molar-refractivity contribution is -0.140. The number of urea groups is 1. The molecule has 2 heterocycles. The molecule has 5 N–H and O–H groups in total. The van der Waals surface area contributed by atoms with Gasteiger partial charge in [-0.1, -0.05) is 42.5 Å². The second-order valence-corrected chi connectivity index (χ2v) is 13.0. The van der Waals surface area contributed by atoms with E-state index in [1.54, 1.807) is 47.4 Å². The number of allylic oxidation sites excluding steroid dienone is 1. The Morgan fingerprint density at radius 1 is 1.04 bits per heavy atom.